The Balaban J connectivity index is 1.65. The van der Waals surface area contributed by atoms with Gasteiger partial charge in [0.15, 0.2) is 0 Å². The van der Waals surface area contributed by atoms with Gasteiger partial charge in [0.25, 0.3) is 5.91 Å². The van der Waals surface area contributed by atoms with Gasteiger partial charge in [-0.2, -0.15) is 5.10 Å². The minimum atomic E-state index is 0.194. The molecule has 1 N–H and O–H groups in total. The zero-order valence-electron chi connectivity index (χ0n) is 12.6. The van der Waals surface area contributed by atoms with Crippen LogP contribution in [0.2, 0.25) is 0 Å². The number of nitrogens with zero attached hydrogens (tertiary/aromatic N) is 2. The molecule has 4 nitrogen and oxygen atoms in total. The van der Waals surface area contributed by atoms with Crippen molar-refractivity contribution in [2.75, 3.05) is 13.1 Å². The second kappa shape index (κ2) is 6.02. The van der Waals surface area contributed by atoms with Crippen molar-refractivity contribution in [3.05, 3.63) is 39.3 Å². The summed E-state index contributed by atoms with van der Waals surface area (Å²) in [6, 6.07) is 3.97. The van der Waals surface area contributed by atoms with Crippen LogP contribution in [0.1, 0.15) is 38.6 Å². The highest BCUT2D eigenvalue weighted by molar-refractivity contribution is 7.13. The Labute approximate surface area is 129 Å². The summed E-state index contributed by atoms with van der Waals surface area (Å²) in [5.41, 5.74) is 2.42. The summed E-state index contributed by atoms with van der Waals surface area (Å²) >= 11 is 1.59. The Morgan fingerprint density at radius 2 is 2.33 bits per heavy atom. The molecule has 5 heteroatoms. The SMILES string of the molecule is Cc1ccc(C(=O)N2CCC[C@H](Cc3[nH]ncc3C)C2)s1. The zero-order chi connectivity index (χ0) is 14.8. The number of carbonyl (C=O) groups is 1. The number of hydrogen-bond acceptors (Lipinski definition) is 3. The molecular formula is C16H21N3OS. The van der Waals surface area contributed by atoms with Gasteiger partial charge in [-0.1, -0.05) is 0 Å². The van der Waals surface area contributed by atoms with Crippen molar-refractivity contribution in [1.82, 2.24) is 15.1 Å². The molecular weight excluding hydrogens is 282 g/mol. The van der Waals surface area contributed by atoms with Crippen LogP contribution in [0.25, 0.3) is 0 Å². The Morgan fingerprint density at radius 3 is 3.00 bits per heavy atom. The monoisotopic (exact) mass is 303 g/mol. The summed E-state index contributed by atoms with van der Waals surface area (Å²) in [4.78, 5) is 16.6. The molecule has 0 saturated carbocycles. The number of hydrogen-bond donors (Lipinski definition) is 1. The van der Waals surface area contributed by atoms with E-state index in [0.29, 0.717) is 5.92 Å². The quantitative estimate of drug-likeness (QED) is 0.946. The topological polar surface area (TPSA) is 49.0 Å². The molecule has 1 aliphatic heterocycles. The average molecular weight is 303 g/mol. The Bertz CT molecular complexity index is 631. The van der Waals surface area contributed by atoms with Crippen LogP contribution < -0.4 is 0 Å². The van der Waals surface area contributed by atoms with Gasteiger partial charge < -0.3 is 4.90 Å². The van der Waals surface area contributed by atoms with Crippen molar-refractivity contribution < 1.29 is 4.79 Å². The molecule has 0 radical (unpaired) electrons. The Morgan fingerprint density at radius 1 is 1.48 bits per heavy atom. The van der Waals surface area contributed by atoms with E-state index in [2.05, 4.69) is 17.1 Å². The van der Waals surface area contributed by atoms with E-state index in [1.165, 1.54) is 22.6 Å². The third-order valence-electron chi connectivity index (χ3n) is 4.18. The first-order chi connectivity index (χ1) is 10.1. The maximum Gasteiger partial charge on any atom is 0.263 e. The largest absolute Gasteiger partial charge is 0.338 e. The lowest BCUT2D eigenvalue weighted by molar-refractivity contribution is 0.0677. The van der Waals surface area contributed by atoms with Gasteiger partial charge in [-0.3, -0.25) is 9.89 Å². The standard InChI is InChI=1S/C16H21N3OS/c1-11-9-17-18-14(11)8-13-4-3-7-19(10-13)16(20)15-6-5-12(2)21-15/h5-6,9,13H,3-4,7-8,10H2,1-2H3,(H,17,18)/t13-/m1/s1. The molecule has 2 aromatic rings. The number of amides is 1. The van der Waals surface area contributed by atoms with Crippen LogP contribution >= 0.6 is 11.3 Å². The van der Waals surface area contributed by atoms with Crippen molar-refractivity contribution >= 4 is 17.2 Å². The van der Waals surface area contributed by atoms with E-state index >= 15 is 0 Å². The summed E-state index contributed by atoms with van der Waals surface area (Å²) in [7, 11) is 0. The van der Waals surface area contributed by atoms with Crippen molar-refractivity contribution in [2.45, 2.75) is 33.1 Å². The molecule has 0 aliphatic carbocycles. The smallest absolute Gasteiger partial charge is 0.263 e. The number of aryl methyl sites for hydroxylation is 2. The van der Waals surface area contributed by atoms with Gasteiger partial charge in [0.1, 0.15) is 0 Å². The molecule has 21 heavy (non-hydrogen) atoms. The van der Waals surface area contributed by atoms with Crippen LogP contribution in [0.3, 0.4) is 0 Å². The molecule has 1 aliphatic rings. The molecule has 112 valence electrons. The zero-order valence-corrected chi connectivity index (χ0v) is 13.4. The van der Waals surface area contributed by atoms with E-state index in [-0.39, 0.29) is 5.91 Å². The molecule has 0 aromatic carbocycles. The second-order valence-corrected chi connectivity index (χ2v) is 7.19. The van der Waals surface area contributed by atoms with Crippen LogP contribution in [0.5, 0.6) is 0 Å². The molecule has 0 bridgehead atoms. The lowest BCUT2D eigenvalue weighted by Crippen LogP contribution is -2.40. The second-order valence-electron chi connectivity index (χ2n) is 5.91. The fourth-order valence-corrected chi connectivity index (χ4v) is 3.83. The van der Waals surface area contributed by atoms with Crippen molar-refractivity contribution in [3.63, 3.8) is 0 Å². The van der Waals surface area contributed by atoms with E-state index in [1.54, 1.807) is 11.3 Å². The number of nitrogens with one attached hydrogen (secondary N) is 1. The molecule has 2 aromatic heterocycles. The lowest BCUT2D eigenvalue weighted by Gasteiger charge is -2.32. The summed E-state index contributed by atoms with van der Waals surface area (Å²) < 4.78 is 0. The third-order valence-corrected chi connectivity index (χ3v) is 5.17. The van der Waals surface area contributed by atoms with Crippen molar-refractivity contribution in [1.29, 1.82) is 0 Å². The summed E-state index contributed by atoms with van der Waals surface area (Å²) in [6.45, 7) is 5.86. The maximum absolute atomic E-state index is 12.5. The highest BCUT2D eigenvalue weighted by atomic mass is 32.1. The minimum Gasteiger partial charge on any atom is -0.338 e. The Hall–Kier alpha value is -1.62. The predicted molar refractivity (Wildman–Crippen MR) is 84.7 cm³/mol. The fraction of sp³-hybridized carbons (Fsp3) is 0.500. The molecule has 0 unspecified atom stereocenters. The molecule has 1 fully saturated rings. The van der Waals surface area contributed by atoms with E-state index in [9.17, 15) is 4.79 Å². The number of H-pyrrole nitrogens is 1. The van der Waals surface area contributed by atoms with E-state index in [0.717, 1.165) is 30.8 Å². The fourth-order valence-electron chi connectivity index (χ4n) is 2.99. The van der Waals surface area contributed by atoms with E-state index in [4.69, 9.17) is 0 Å². The predicted octanol–water partition coefficient (Wildman–Crippen LogP) is 3.18. The van der Waals surface area contributed by atoms with Gasteiger partial charge in [0.2, 0.25) is 0 Å². The van der Waals surface area contributed by atoms with Gasteiger partial charge in [-0.15, -0.1) is 11.3 Å². The molecule has 1 saturated heterocycles. The van der Waals surface area contributed by atoms with Crippen LogP contribution in [-0.4, -0.2) is 34.1 Å². The number of thiophene rings is 1. The molecule has 1 amide bonds. The van der Waals surface area contributed by atoms with Crippen LogP contribution in [0, 0.1) is 19.8 Å². The normalized spacial score (nSPS) is 19.0. The highest BCUT2D eigenvalue weighted by Crippen LogP contribution is 2.24. The van der Waals surface area contributed by atoms with Crippen LogP contribution in [0.4, 0.5) is 0 Å². The first-order valence-corrected chi connectivity index (χ1v) is 8.29. The number of aromatic amines is 1. The minimum absolute atomic E-state index is 0.194. The number of piperidine rings is 1. The van der Waals surface area contributed by atoms with E-state index in [1.807, 2.05) is 30.2 Å². The molecule has 3 rings (SSSR count). The highest BCUT2D eigenvalue weighted by Gasteiger charge is 2.25. The van der Waals surface area contributed by atoms with E-state index < -0.39 is 0 Å². The number of likely N-dealkylation sites (tertiary alicyclic amines) is 1. The van der Waals surface area contributed by atoms with Crippen molar-refractivity contribution in [3.8, 4) is 0 Å². The number of rotatable bonds is 3. The maximum atomic E-state index is 12.5. The van der Waals surface area contributed by atoms with Gasteiger partial charge in [-0.05, 0) is 56.7 Å². The lowest BCUT2D eigenvalue weighted by atomic mass is 9.92. The summed E-state index contributed by atoms with van der Waals surface area (Å²) in [5, 5.41) is 7.17. The van der Waals surface area contributed by atoms with Gasteiger partial charge in [0, 0.05) is 23.7 Å². The number of carbonyl (C=O) groups excluding carboxylic acids is 1. The van der Waals surface area contributed by atoms with Crippen LogP contribution in [-0.2, 0) is 6.42 Å². The molecule has 1 atom stereocenters. The van der Waals surface area contributed by atoms with Crippen LogP contribution in [0.15, 0.2) is 18.3 Å². The molecule has 3 heterocycles. The summed E-state index contributed by atoms with van der Waals surface area (Å²) in [6.07, 6.45) is 5.13. The Kier molecular flexibility index (Phi) is 4.10. The van der Waals surface area contributed by atoms with Gasteiger partial charge >= 0.3 is 0 Å². The van der Waals surface area contributed by atoms with Crippen molar-refractivity contribution in [2.24, 2.45) is 5.92 Å². The summed E-state index contributed by atoms with van der Waals surface area (Å²) in [5.74, 6) is 0.724. The first-order valence-electron chi connectivity index (χ1n) is 7.48. The first kappa shape index (κ1) is 14.3. The average Bonchev–Trinajstić information content (AvgIpc) is 3.08. The number of aromatic nitrogens is 2. The third kappa shape index (κ3) is 3.18. The van der Waals surface area contributed by atoms with Gasteiger partial charge in [-0.25, -0.2) is 0 Å². The van der Waals surface area contributed by atoms with Gasteiger partial charge in [0.05, 0.1) is 11.1 Å². The molecule has 0 spiro atoms.